The Morgan fingerprint density at radius 3 is 1.25 bits per heavy atom. The summed E-state index contributed by atoms with van der Waals surface area (Å²) in [5.41, 5.74) is 7.24. The molecular weight excluding hydrogens is 344 g/mol. The molecule has 28 heavy (non-hydrogen) atoms. The highest BCUT2D eigenvalue weighted by Gasteiger charge is 2.32. The van der Waals surface area contributed by atoms with Crippen LogP contribution in [0.1, 0.15) is 59.7 Å². The lowest BCUT2D eigenvalue weighted by atomic mass is 9.70. The summed E-state index contributed by atoms with van der Waals surface area (Å²) in [6, 6.07) is 18.2. The van der Waals surface area contributed by atoms with E-state index >= 15 is 0 Å². The van der Waals surface area contributed by atoms with E-state index in [2.05, 4.69) is 39.0 Å². The van der Waals surface area contributed by atoms with Crippen molar-refractivity contribution in [3.8, 4) is 11.5 Å². The summed E-state index contributed by atoms with van der Waals surface area (Å²) in [7, 11) is 0. The smallest absolute Gasteiger partial charge is 0.118 e. The summed E-state index contributed by atoms with van der Waals surface area (Å²) >= 11 is 0. The molecule has 3 aromatic carbocycles. The van der Waals surface area contributed by atoms with Gasteiger partial charge in [0.25, 0.3) is 0 Å². The summed E-state index contributed by atoms with van der Waals surface area (Å²) in [6.45, 7) is 14.3. The van der Waals surface area contributed by atoms with E-state index in [9.17, 15) is 10.2 Å². The first kappa shape index (κ1) is 21.6. The van der Waals surface area contributed by atoms with Crippen molar-refractivity contribution < 1.29 is 10.2 Å². The predicted molar refractivity (Wildman–Crippen MR) is 119 cm³/mol. The Bertz CT molecular complexity index is 845. The number of phenolic OH excluding ortho intramolecular Hbond substituents is 2. The molecule has 2 nitrogen and oxygen atoms in total. The summed E-state index contributed by atoms with van der Waals surface area (Å²) in [6.07, 6.45) is 0. The highest BCUT2D eigenvalue weighted by atomic mass is 16.3. The van der Waals surface area contributed by atoms with Crippen LogP contribution in [0.3, 0.4) is 0 Å². The third kappa shape index (κ3) is 3.91. The SMILES string of the molecule is CC.Cc1ccc(C(C)(c2ccc(O)c(C)c2)c2ccc(O)c(C)c2)cc1C. The molecular formula is C26H32O2. The second-order valence-electron chi connectivity index (χ2n) is 7.43. The zero-order chi connectivity index (χ0) is 21.1. The van der Waals surface area contributed by atoms with E-state index in [0.29, 0.717) is 11.5 Å². The van der Waals surface area contributed by atoms with E-state index in [1.165, 1.54) is 16.7 Å². The molecule has 0 aliphatic rings. The van der Waals surface area contributed by atoms with Crippen molar-refractivity contribution >= 4 is 0 Å². The fraction of sp³-hybridized carbons (Fsp3) is 0.308. The molecule has 0 aliphatic heterocycles. The van der Waals surface area contributed by atoms with E-state index in [0.717, 1.165) is 22.3 Å². The second-order valence-corrected chi connectivity index (χ2v) is 7.43. The second kappa shape index (κ2) is 8.52. The molecule has 0 spiro atoms. The Morgan fingerprint density at radius 2 is 0.893 bits per heavy atom. The summed E-state index contributed by atoms with van der Waals surface area (Å²) in [5, 5.41) is 20.0. The van der Waals surface area contributed by atoms with E-state index < -0.39 is 5.41 Å². The monoisotopic (exact) mass is 376 g/mol. The van der Waals surface area contributed by atoms with Gasteiger partial charge < -0.3 is 10.2 Å². The molecule has 0 saturated heterocycles. The summed E-state index contributed by atoms with van der Waals surface area (Å²) in [4.78, 5) is 0. The van der Waals surface area contributed by atoms with Gasteiger partial charge in [0, 0.05) is 5.41 Å². The van der Waals surface area contributed by atoms with Gasteiger partial charge in [-0.05, 0) is 85.7 Å². The summed E-state index contributed by atoms with van der Waals surface area (Å²) in [5.74, 6) is 0.608. The lowest BCUT2D eigenvalue weighted by Crippen LogP contribution is -2.26. The molecule has 0 unspecified atom stereocenters. The molecule has 0 amide bonds. The molecule has 0 bridgehead atoms. The van der Waals surface area contributed by atoms with E-state index in [1.54, 1.807) is 12.1 Å². The molecule has 2 N–H and O–H groups in total. The number of aryl methyl sites for hydroxylation is 4. The maximum Gasteiger partial charge on any atom is 0.118 e. The molecule has 0 aromatic heterocycles. The average Bonchev–Trinajstić information content (AvgIpc) is 2.69. The van der Waals surface area contributed by atoms with Gasteiger partial charge in [-0.25, -0.2) is 0 Å². The van der Waals surface area contributed by atoms with Crippen LogP contribution in [0.5, 0.6) is 11.5 Å². The van der Waals surface area contributed by atoms with Crippen molar-refractivity contribution in [1.29, 1.82) is 0 Å². The Labute approximate surface area is 169 Å². The van der Waals surface area contributed by atoms with Crippen molar-refractivity contribution in [2.24, 2.45) is 0 Å². The Balaban J connectivity index is 0.00000136. The minimum absolute atomic E-state index is 0.304. The van der Waals surface area contributed by atoms with Crippen molar-refractivity contribution in [3.05, 3.63) is 93.5 Å². The third-order valence-electron chi connectivity index (χ3n) is 5.63. The molecule has 148 valence electrons. The Hall–Kier alpha value is -2.74. The van der Waals surface area contributed by atoms with Crippen LogP contribution in [-0.2, 0) is 5.41 Å². The van der Waals surface area contributed by atoms with Crippen LogP contribution in [0.25, 0.3) is 0 Å². The molecule has 0 saturated carbocycles. The van der Waals surface area contributed by atoms with Gasteiger partial charge in [0.1, 0.15) is 11.5 Å². The number of hydrogen-bond acceptors (Lipinski definition) is 2. The predicted octanol–water partition coefficient (Wildman–Crippen LogP) is 6.71. The fourth-order valence-corrected chi connectivity index (χ4v) is 3.49. The van der Waals surface area contributed by atoms with Crippen LogP contribution < -0.4 is 0 Å². The lowest BCUT2D eigenvalue weighted by Gasteiger charge is -2.33. The van der Waals surface area contributed by atoms with Crippen LogP contribution in [0.4, 0.5) is 0 Å². The molecule has 0 atom stereocenters. The van der Waals surface area contributed by atoms with Crippen LogP contribution in [0.15, 0.2) is 54.6 Å². The number of hydrogen-bond donors (Lipinski definition) is 2. The zero-order valence-corrected chi connectivity index (χ0v) is 18.1. The van der Waals surface area contributed by atoms with Crippen LogP contribution in [0.2, 0.25) is 0 Å². The van der Waals surface area contributed by atoms with Gasteiger partial charge in [-0.15, -0.1) is 0 Å². The molecule has 0 aliphatic carbocycles. The van der Waals surface area contributed by atoms with Gasteiger partial charge in [-0.2, -0.15) is 0 Å². The van der Waals surface area contributed by atoms with E-state index in [-0.39, 0.29) is 0 Å². The number of aromatic hydroxyl groups is 2. The first-order valence-electron chi connectivity index (χ1n) is 9.91. The maximum atomic E-state index is 9.98. The minimum Gasteiger partial charge on any atom is -0.508 e. The maximum absolute atomic E-state index is 9.98. The van der Waals surface area contributed by atoms with Gasteiger partial charge >= 0.3 is 0 Å². The first-order chi connectivity index (χ1) is 13.2. The standard InChI is InChI=1S/C24H26O2.C2H6/c1-15-6-7-19(12-16(15)2)24(5,20-8-10-22(25)17(3)13-20)21-9-11-23(26)18(4)14-21;1-2/h6-14,25-26H,1-5H3;1-2H3. The van der Waals surface area contributed by atoms with Crippen LogP contribution in [0, 0.1) is 27.7 Å². The number of rotatable bonds is 3. The minimum atomic E-state index is -0.393. The van der Waals surface area contributed by atoms with E-state index in [1.807, 2.05) is 52.0 Å². The molecule has 2 heteroatoms. The van der Waals surface area contributed by atoms with E-state index in [4.69, 9.17) is 0 Å². The van der Waals surface area contributed by atoms with Crippen LogP contribution >= 0.6 is 0 Å². The fourth-order valence-electron chi connectivity index (χ4n) is 3.49. The average molecular weight is 377 g/mol. The zero-order valence-electron chi connectivity index (χ0n) is 18.1. The molecule has 0 fully saturated rings. The molecule has 3 aromatic rings. The molecule has 0 heterocycles. The quantitative estimate of drug-likeness (QED) is 0.499. The largest absolute Gasteiger partial charge is 0.508 e. The number of phenols is 2. The van der Waals surface area contributed by atoms with Gasteiger partial charge in [-0.1, -0.05) is 56.3 Å². The van der Waals surface area contributed by atoms with Crippen molar-refractivity contribution in [2.45, 2.75) is 53.9 Å². The topological polar surface area (TPSA) is 40.5 Å². The normalized spacial score (nSPS) is 11.0. The highest BCUT2D eigenvalue weighted by molar-refractivity contribution is 5.54. The Kier molecular flexibility index (Phi) is 6.56. The van der Waals surface area contributed by atoms with Crippen LogP contribution in [-0.4, -0.2) is 10.2 Å². The van der Waals surface area contributed by atoms with Crippen molar-refractivity contribution in [3.63, 3.8) is 0 Å². The Morgan fingerprint density at radius 1 is 0.536 bits per heavy atom. The molecule has 0 radical (unpaired) electrons. The molecule has 3 rings (SSSR count). The first-order valence-corrected chi connectivity index (χ1v) is 9.91. The van der Waals surface area contributed by atoms with Gasteiger partial charge in [-0.3, -0.25) is 0 Å². The van der Waals surface area contributed by atoms with Crippen molar-refractivity contribution in [2.75, 3.05) is 0 Å². The van der Waals surface area contributed by atoms with Gasteiger partial charge in [0.2, 0.25) is 0 Å². The van der Waals surface area contributed by atoms with Crippen molar-refractivity contribution in [1.82, 2.24) is 0 Å². The number of benzene rings is 3. The van der Waals surface area contributed by atoms with Gasteiger partial charge in [0.15, 0.2) is 0 Å². The lowest BCUT2D eigenvalue weighted by molar-refractivity contribution is 0.470. The highest BCUT2D eigenvalue weighted by Crippen LogP contribution is 2.41. The summed E-state index contributed by atoms with van der Waals surface area (Å²) < 4.78 is 0. The van der Waals surface area contributed by atoms with Gasteiger partial charge in [0.05, 0.1) is 0 Å². The third-order valence-corrected chi connectivity index (χ3v) is 5.63.